The van der Waals surface area contributed by atoms with Gasteiger partial charge in [-0.1, -0.05) is 49.1 Å². The van der Waals surface area contributed by atoms with Crippen LogP contribution in [0.1, 0.15) is 81.2 Å². The van der Waals surface area contributed by atoms with Crippen molar-refractivity contribution in [3.63, 3.8) is 0 Å². The topological polar surface area (TPSA) is 49.8 Å². The van der Waals surface area contributed by atoms with Gasteiger partial charge in [-0.25, -0.2) is 4.79 Å². The number of rotatable bonds is 5. The van der Waals surface area contributed by atoms with Crippen LogP contribution in [0, 0.1) is 13.8 Å². The van der Waals surface area contributed by atoms with Crippen molar-refractivity contribution >= 4 is 11.7 Å². The van der Waals surface area contributed by atoms with Crippen molar-refractivity contribution < 1.29 is 14.6 Å². The van der Waals surface area contributed by atoms with E-state index in [0.29, 0.717) is 6.04 Å². The van der Waals surface area contributed by atoms with Gasteiger partial charge in [-0.05, 0) is 82.2 Å². The quantitative estimate of drug-likeness (QED) is 0.574. The van der Waals surface area contributed by atoms with Gasteiger partial charge >= 0.3 is 5.97 Å². The average Bonchev–Trinajstić information content (AvgIpc) is 3.15. The fourth-order valence-corrected chi connectivity index (χ4v) is 5.47. The second kappa shape index (κ2) is 8.90. The molecule has 2 aromatic carbocycles. The smallest absolute Gasteiger partial charge is 0.337 e. The lowest BCUT2D eigenvalue weighted by atomic mass is 9.86. The van der Waals surface area contributed by atoms with Gasteiger partial charge in [-0.15, -0.1) is 0 Å². The summed E-state index contributed by atoms with van der Waals surface area (Å²) in [7, 11) is 0. The Hall–Kier alpha value is -2.33. The molecule has 0 radical (unpaired) electrons. The van der Waals surface area contributed by atoms with Crippen molar-refractivity contribution in [2.45, 2.75) is 90.9 Å². The number of nitrogens with zero attached hydrogens (tertiary/aromatic N) is 1. The van der Waals surface area contributed by atoms with Crippen LogP contribution < -0.4 is 4.90 Å². The Morgan fingerprint density at radius 1 is 1.09 bits per heavy atom. The van der Waals surface area contributed by atoms with Crippen LogP contribution in [0.4, 0.5) is 5.69 Å². The first-order valence-electron chi connectivity index (χ1n) is 12.1. The first kappa shape index (κ1) is 22.8. The van der Waals surface area contributed by atoms with Gasteiger partial charge in [0.2, 0.25) is 0 Å². The maximum Gasteiger partial charge on any atom is 0.337 e. The van der Waals surface area contributed by atoms with Gasteiger partial charge in [0.15, 0.2) is 6.10 Å². The molecule has 172 valence electrons. The SMILES string of the molecule is Cc1ccc(-c2c3c(cc(C)c2C(OC(C)(C)C)C(=O)O)N(C2CCCCC2)CC3)cc1. The minimum Gasteiger partial charge on any atom is -0.479 e. The Morgan fingerprint density at radius 3 is 2.34 bits per heavy atom. The van der Waals surface area contributed by atoms with Gasteiger partial charge in [0.1, 0.15) is 0 Å². The first-order chi connectivity index (χ1) is 15.2. The summed E-state index contributed by atoms with van der Waals surface area (Å²) in [6, 6.07) is 11.3. The minimum atomic E-state index is -1.000. The number of anilines is 1. The number of hydrogen-bond donors (Lipinski definition) is 1. The molecule has 0 saturated heterocycles. The van der Waals surface area contributed by atoms with E-state index in [1.807, 2.05) is 27.7 Å². The van der Waals surface area contributed by atoms with Gasteiger partial charge in [-0.2, -0.15) is 0 Å². The minimum absolute atomic E-state index is 0.562. The van der Waals surface area contributed by atoms with E-state index in [2.05, 4.69) is 42.2 Å². The molecule has 2 aliphatic rings. The summed E-state index contributed by atoms with van der Waals surface area (Å²) in [6.07, 6.45) is 6.41. The van der Waals surface area contributed by atoms with Crippen LogP contribution in [-0.4, -0.2) is 29.3 Å². The summed E-state index contributed by atoms with van der Waals surface area (Å²) in [5.74, 6) is -0.932. The van der Waals surface area contributed by atoms with Crippen molar-refractivity contribution in [3.8, 4) is 11.1 Å². The van der Waals surface area contributed by atoms with Crippen molar-refractivity contribution in [2.75, 3.05) is 11.4 Å². The summed E-state index contributed by atoms with van der Waals surface area (Å²) in [4.78, 5) is 15.0. The summed E-state index contributed by atoms with van der Waals surface area (Å²) in [5.41, 5.74) is 7.17. The Kier molecular flexibility index (Phi) is 6.35. The predicted molar refractivity (Wildman–Crippen MR) is 130 cm³/mol. The van der Waals surface area contributed by atoms with E-state index in [4.69, 9.17) is 4.74 Å². The van der Waals surface area contributed by atoms with Crippen molar-refractivity contribution in [2.24, 2.45) is 0 Å². The van der Waals surface area contributed by atoms with Crippen LogP contribution in [0.5, 0.6) is 0 Å². The van der Waals surface area contributed by atoms with Gasteiger partial charge in [0.05, 0.1) is 5.60 Å². The van der Waals surface area contributed by atoms with E-state index >= 15 is 0 Å². The Balaban J connectivity index is 1.90. The number of carboxylic acid groups (broad SMARTS) is 1. The molecule has 0 aromatic heterocycles. The van der Waals surface area contributed by atoms with Gasteiger partial charge in [0.25, 0.3) is 0 Å². The molecule has 1 saturated carbocycles. The van der Waals surface area contributed by atoms with Crippen LogP contribution in [0.2, 0.25) is 0 Å². The monoisotopic (exact) mass is 435 g/mol. The Bertz CT molecular complexity index is 981. The molecule has 2 aromatic rings. The number of fused-ring (bicyclic) bond motifs is 1. The van der Waals surface area contributed by atoms with Crippen LogP contribution in [0.25, 0.3) is 11.1 Å². The maximum atomic E-state index is 12.4. The number of hydrogen-bond acceptors (Lipinski definition) is 3. The predicted octanol–water partition coefficient (Wildman–Crippen LogP) is 6.61. The zero-order valence-corrected chi connectivity index (χ0v) is 20.2. The van der Waals surface area contributed by atoms with Crippen LogP contribution in [-0.2, 0) is 16.0 Å². The third kappa shape index (κ3) is 4.56. The molecule has 0 amide bonds. The number of carboxylic acids is 1. The van der Waals surface area contributed by atoms with Crippen LogP contribution >= 0.6 is 0 Å². The standard InChI is InChI=1S/C28H37NO3/c1-18-11-13-20(14-12-18)25-22-15-16-29(21-9-7-6-8-10-21)23(22)17-19(2)24(25)26(27(30)31)32-28(3,4)5/h11-14,17,21,26H,6-10,15-16H2,1-5H3,(H,30,31). The van der Waals surface area contributed by atoms with E-state index in [9.17, 15) is 9.90 Å². The molecule has 0 spiro atoms. The van der Waals surface area contributed by atoms with Gasteiger partial charge < -0.3 is 14.7 Å². The third-order valence-electron chi connectivity index (χ3n) is 6.88. The maximum absolute atomic E-state index is 12.4. The van der Waals surface area contributed by atoms with E-state index in [0.717, 1.165) is 35.2 Å². The number of carbonyl (C=O) groups is 1. The highest BCUT2D eigenvalue weighted by Gasteiger charge is 2.36. The highest BCUT2D eigenvalue weighted by Crippen LogP contribution is 2.46. The van der Waals surface area contributed by atoms with Crippen LogP contribution in [0.3, 0.4) is 0 Å². The molecule has 1 aliphatic carbocycles. The lowest BCUT2D eigenvalue weighted by Crippen LogP contribution is -2.35. The van der Waals surface area contributed by atoms with Gasteiger partial charge in [-0.3, -0.25) is 0 Å². The molecule has 4 rings (SSSR count). The fourth-order valence-electron chi connectivity index (χ4n) is 5.47. The zero-order chi connectivity index (χ0) is 23.0. The van der Waals surface area contributed by atoms with E-state index in [1.54, 1.807) is 0 Å². The summed E-state index contributed by atoms with van der Waals surface area (Å²) in [6.45, 7) is 10.9. The molecule has 4 heteroatoms. The van der Waals surface area contributed by atoms with Crippen molar-refractivity contribution in [1.82, 2.24) is 0 Å². The van der Waals surface area contributed by atoms with E-state index < -0.39 is 17.7 Å². The van der Waals surface area contributed by atoms with E-state index in [1.165, 1.54) is 48.9 Å². The molecular weight excluding hydrogens is 398 g/mol. The second-order valence-corrected chi connectivity index (χ2v) is 10.5. The summed E-state index contributed by atoms with van der Waals surface area (Å²) >= 11 is 0. The van der Waals surface area contributed by atoms with Crippen molar-refractivity contribution in [3.05, 3.63) is 52.6 Å². The number of aryl methyl sites for hydroxylation is 2. The molecule has 1 heterocycles. The Labute approximate surface area is 192 Å². The molecule has 32 heavy (non-hydrogen) atoms. The molecule has 0 bridgehead atoms. The van der Waals surface area contributed by atoms with E-state index in [-0.39, 0.29) is 0 Å². The number of aliphatic carboxylic acids is 1. The molecule has 1 unspecified atom stereocenters. The number of ether oxygens (including phenoxy) is 1. The summed E-state index contributed by atoms with van der Waals surface area (Å²) in [5, 5.41) is 10.2. The second-order valence-electron chi connectivity index (χ2n) is 10.5. The molecule has 1 atom stereocenters. The third-order valence-corrected chi connectivity index (χ3v) is 6.88. The van der Waals surface area contributed by atoms with Crippen molar-refractivity contribution in [1.29, 1.82) is 0 Å². The van der Waals surface area contributed by atoms with Gasteiger partial charge in [0, 0.05) is 23.8 Å². The largest absolute Gasteiger partial charge is 0.479 e. The molecule has 1 N–H and O–H groups in total. The van der Waals surface area contributed by atoms with Crippen LogP contribution in [0.15, 0.2) is 30.3 Å². The zero-order valence-electron chi connectivity index (χ0n) is 20.2. The molecule has 1 aliphatic heterocycles. The summed E-state index contributed by atoms with van der Waals surface area (Å²) < 4.78 is 6.14. The Morgan fingerprint density at radius 2 is 1.75 bits per heavy atom. The normalized spacial score (nSPS) is 18.0. The molecule has 4 nitrogen and oxygen atoms in total. The first-order valence-corrected chi connectivity index (χ1v) is 12.1. The highest BCUT2D eigenvalue weighted by molar-refractivity contribution is 5.86. The average molecular weight is 436 g/mol. The lowest BCUT2D eigenvalue weighted by molar-refractivity contribution is -0.160. The highest BCUT2D eigenvalue weighted by atomic mass is 16.5. The molecule has 1 fully saturated rings. The number of benzene rings is 2. The lowest BCUT2D eigenvalue weighted by Gasteiger charge is -2.34. The fraction of sp³-hybridized carbons (Fsp3) is 0.536. The molecular formula is C28H37NO3.